The zero-order valence-corrected chi connectivity index (χ0v) is 17.1. The topological polar surface area (TPSA) is 110 Å². The highest BCUT2D eigenvalue weighted by atomic mass is 16.4. The summed E-state index contributed by atoms with van der Waals surface area (Å²) < 4.78 is 0. The van der Waals surface area contributed by atoms with Gasteiger partial charge in [0.05, 0.1) is 5.56 Å². The van der Waals surface area contributed by atoms with Crippen LogP contribution in [0.15, 0.2) is 12.1 Å². The number of carbonyl (C=O) groups excluding carboxylic acids is 1. The molecule has 0 saturated carbocycles. The number of aliphatic carboxylic acids is 1. The Morgan fingerprint density at radius 1 is 1.18 bits per heavy atom. The lowest BCUT2D eigenvalue weighted by Gasteiger charge is -2.27. The van der Waals surface area contributed by atoms with Crippen LogP contribution in [0.5, 0.6) is 11.5 Å². The second kappa shape index (κ2) is 9.28. The van der Waals surface area contributed by atoms with Gasteiger partial charge in [-0.05, 0) is 42.7 Å². The molecule has 1 aliphatic heterocycles. The molecule has 0 aromatic heterocycles. The average Bonchev–Trinajstić information content (AvgIpc) is 3.05. The van der Waals surface area contributed by atoms with Crippen molar-refractivity contribution in [3.8, 4) is 11.5 Å². The lowest BCUT2D eigenvalue weighted by Crippen LogP contribution is -2.47. The van der Waals surface area contributed by atoms with Crippen molar-refractivity contribution in [3.05, 3.63) is 23.3 Å². The summed E-state index contributed by atoms with van der Waals surface area (Å²) >= 11 is 0. The van der Waals surface area contributed by atoms with Crippen LogP contribution in [0.1, 0.15) is 68.8 Å². The maximum absolute atomic E-state index is 13.1. The molecule has 0 bridgehead atoms. The predicted molar refractivity (Wildman–Crippen MR) is 107 cm³/mol. The number of nitrogens with zero attached hydrogens (tertiary/aromatic N) is 1. The fourth-order valence-electron chi connectivity index (χ4n) is 3.72. The zero-order valence-electron chi connectivity index (χ0n) is 17.1. The standard InChI is InChI=1S/C21H32N2O5/c1-12(2)8-17(21(27)28)22-11-14-6-5-7-23(14)20(26)16-9-15(13(3)4)18(24)10-19(16)25/h9-10,12-14,17,22,24-25H,5-8,11H2,1-4H3,(H,27,28)/t14?,17-/m0/s1. The monoisotopic (exact) mass is 392 g/mol. The highest BCUT2D eigenvalue weighted by molar-refractivity contribution is 5.97. The number of phenols is 2. The van der Waals surface area contributed by atoms with Crippen molar-refractivity contribution in [1.29, 1.82) is 0 Å². The molecule has 1 saturated heterocycles. The van der Waals surface area contributed by atoms with Gasteiger partial charge in [-0.25, -0.2) is 0 Å². The van der Waals surface area contributed by atoms with Gasteiger partial charge in [0.1, 0.15) is 17.5 Å². The van der Waals surface area contributed by atoms with E-state index in [0.717, 1.165) is 12.8 Å². The Morgan fingerprint density at radius 3 is 2.43 bits per heavy atom. The van der Waals surface area contributed by atoms with E-state index >= 15 is 0 Å². The molecular weight excluding hydrogens is 360 g/mol. The van der Waals surface area contributed by atoms with Crippen LogP contribution < -0.4 is 5.32 Å². The SMILES string of the molecule is CC(C)C[C@H](NCC1CCCN1C(=O)c1cc(C(C)C)c(O)cc1O)C(=O)O. The van der Waals surface area contributed by atoms with Crippen molar-refractivity contribution in [2.24, 2.45) is 5.92 Å². The van der Waals surface area contributed by atoms with Gasteiger partial charge in [-0.3, -0.25) is 9.59 Å². The molecule has 1 aromatic rings. The minimum Gasteiger partial charge on any atom is -0.508 e. The number of hydrogen-bond donors (Lipinski definition) is 4. The number of phenolic OH excluding ortho intramolecular Hbond substituents is 2. The van der Waals surface area contributed by atoms with Gasteiger partial charge >= 0.3 is 5.97 Å². The number of carboxylic acid groups (broad SMARTS) is 1. The van der Waals surface area contributed by atoms with Crippen LogP contribution in [0.2, 0.25) is 0 Å². The van der Waals surface area contributed by atoms with Gasteiger partial charge < -0.3 is 25.5 Å². The molecule has 2 rings (SSSR count). The molecule has 0 spiro atoms. The molecule has 2 atom stereocenters. The molecule has 1 heterocycles. The third-order valence-corrected chi connectivity index (χ3v) is 5.24. The van der Waals surface area contributed by atoms with E-state index in [0.29, 0.717) is 25.1 Å². The molecule has 28 heavy (non-hydrogen) atoms. The quantitative estimate of drug-likeness (QED) is 0.541. The molecular formula is C21H32N2O5. The van der Waals surface area contributed by atoms with Crippen molar-refractivity contribution >= 4 is 11.9 Å². The molecule has 7 heteroatoms. The molecule has 156 valence electrons. The van der Waals surface area contributed by atoms with Crippen LogP contribution in [-0.2, 0) is 4.79 Å². The Balaban J connectivity index is 2.15. The first-order valence-corrected chi connectivity index (χ1v) is 9.94. The van der Waals surface area contributed by atoms with Crippen molar-refractivity contribution in [3.63, 3.8) is 0 Å². The maximum Gasteiger partial charge on any atom is 0.320 e. The molecule has 7 nitrogen and oxygen atoms in total. The van der Waals surface area contributed by atoms with E-state index in [2.05, 4.69) is 5.32 Å². The van der Waals surface area contributed by atoms with E-state index in [1.54, 1.807) is 11.0 Å². The summed E-state index contributed by atoms with van der Waals surface area (Å²) in [5.41, 5.74) is 0.781. The maximum atomic E-state index is 13.1. The average molecular weight is 392 g/mol. The summed E-state index contributed by atoms with van der Waals surface area (Å²) in [4.78, 5) is 26.2. The number of hydrogen-bond acceptors (Lipinski definition) is 5. The third kappa shape index (κ3) is 5.16. The Labute approximate surface area is 166 Å². The van der Waals surface area contributed by atoms with Crippen LogP contribution in [0.25, 0.3) is 0 Å². The number of aromatic hydroxyl groups is 2. The number of carbonyl (C=O) groups is 2. The normalized spacial score (nSPS) is 18.1. The van der Waals surface area contributed by atoms with Gasteiger partial charge in [0, 0.05) is 25.2 Å². The lowest BCUT2D eigenvalue weighted by atomic mass is 9.98. The summed E-state index contributed by atoms with van der Waals surface area (Å²) in [6.45, 7) is 8.72. The second-order valence-electron chi connectivity index (χ2n) is 8.31. The van der Waals surface area contributed by atoms with Gasteiger partial charge in [0.15, 0.2) is 0 Å². The second-order valence-corrected chi connectivity index (χ2v) is 8.31. The van der Waals surface area contributed by atoms with E-state index in [-0.39, 0.29) is 40.8 Å². The zero-order chi connectivity index (χ0) is 21.0. The smallest absolute Gasteiger partial charge is 0.320 e. The summed E-state index contributed by atoms with van der Waals surface area (Å²) in [6, 6.07) is 2.00. The summed E-state index contributed by atoms with van der Waals surface area (Å²) in [7, 11) is 0. The molecule has 1 amide bonds. The van der Waals surface area contributed by atoms with Crippen LogP contribution >= 0.6 is 0 Å². The fourth-order valence-corrected chi connectivity index (χ4v) is 3.72. The first kappa shape index (κ1) is 22.0. The number of rotatable bonds is 8. The van der Waals surface area contributed by atoms with Gasteiger partial charge in [0.2, 0.25) is 0 Å². The molecule has 1 fully saturated rings. The first-order chi connectivity index (χ1) is 13.1. The molecule has 1 aromatic carbocycles. The number of nitrogens with one attached hydrogen (secondary N) is 1. The number of likely N-dealkylation sites (tertiary alicyclic amines) is 1. The molecule has 0 aliphatic carbocycles. The van der Waals surface area contributed by atoms with Gasteiger partial charge in [-0.2, -0.15) is 0 Å². The van der Waals surface area contributed by atoms with Gasteiger partial charge in [-0.15, -0.1) is 0 Å². The molecule has 1 aliphatic rings. The van der Waals surface area contributed by atoms with Gasteiger partial charge in [-0.1, -0.05) is 27.7 Å². The van der Waals surface area contributed by atoms with E-state index in [9.17, 15) is 24.9 Å². The lowest BCUT2D eigenvalue weighted by molar-refractivity contribution is -0.140. The van der Waals surface area contributed by atoms with Crippen molar-refractivity contribution in [1.82, 2.24) is 10.2 Å². The van der Waals surface area contributed by atoms with Crippen molar-refractivity contribution in [2.45, 2.75) is 65.0 Å². The highest BCUT2D eigenvalue weighted by Gasteiger charge is 2.32. The van der Waals surface area contributed by atoms with E-state index in [1.807, 2.05) is 27.7 Å². The Kier molecular flexibility index (Phi) is 7.29. The Morgan fingerprint density at radius 2 is 1.86 bits per heavy atom. The predicted octanol–water partition coefficient (Wildman–Crippen LogP) is 2.91. The van der Waals surface area contributed by atoms with Crippen LogP contribution in [0.3, 0.4) is 0 Å². The minimum absolute atomic E-state index is 0.00977. The summed E-state index contributed by atoms with van der Waals surface area (Å²) in [5, 5.41) is 32.7. The first-order valence-electron chi connectivity index (χ1n) is 9.94. The number of benzene rings is 1. The number of amides is 1. The largest absolute Gasteiger partial charge is 0.508 e. The summed E-state index contributed by atoms with van der Waals surface area (Å²) in [6.07, 6.45) is 2.13. The van der Waals surface area contributed by atoms with Crippen LogP contribution in [0.4, 0.5) is 0 Å². The molecule has 0 radical (unpaired) electrons. The molecule has 1 unspecified atom stereocenters. The summed E-state index contributed by atoms with van der Waals surface area (Å²) in [5.74, 6) is -1.19. The minimum atomic E-state index is -0.887. The third-order valence-electron chi connectivity index (χ3n) is 5.24. The van der Waals surface area contributed by atoms with E-state index < -0.39 is 12.0 Å². The Hall–Kier alpha value is -2.28. The van der Waals surface area contributed by atoms with E-state index in [1.165, 1.54) is 6.07 Å². The van der Waals surface area contributed by atoms with Crippen LogP contribution in [0, 0.1) is 5.92 Å². The molecule has 4 N–H and O–H groups in total. The van der Waals surface area contributed by atoms with Crippen molar-refractivity contribution in [2.75, 3.05) is 13.1 Å². The van der Waals surface area contributed by atoms with Gasteiger partial charge in [0.25, 0.3) is 5.91 Å². The van der Waals surface area contributed by atoms with E-state index in [4.69, 9.17) is 0 Å². The fraction of sp³-hybridized carbons (Fsp3) is 0.619. The van der Waals surface area contributed by atoms with Crippen LogP contribution in [-0.4, -0.2) is 57.3 Å². The Bertz CT molecular complexity index is 717. The highest BCUT2D eigenvalue weighted by Crippen LogP contribution is 2.34. The number of carboxylic acids is 1. The van der Waals surface area contributed by atoms with Crippen molar-refractivity contribution < 1.29 is 24.9 Å².